The van der Waals surface area contributed by atoms with E-state index < -0.39 is 11.7 Å². The molecule has 30 heavy (non-hydrogen) atoms. The molecule has 0 saturated carbocycles. The second-order valence-corrected chi connectivity index (χ2v) is 7.39. The van der Waals surface area contributed by atoms with Crippen molar-refractivity contribution in [2.75, 3.05) is 13.2 Å². The van der Waals surface area contributed by atoms with Crippen LogP contribution in [0.3, 0.4) is 0 Å². The molecule has 0 spiro atoms. The molecule has 0 atom stereocenters. The number of para-hydroxylation sites is 1. The van der Waals surface area contributed by atoms with E-state index in [1.165, 1.54) is 6.07 Å². The molecule has 1 saturated heterocycles. The first kappa shape index (κ1) is 20.3. The maximum Gasteiger partial charge on any atom is 0.416 e. The first-order chi connectivity index (χ1) is 14.4. The number of amides is 1. The van der Waals surface area contributed by atoms with Gasteiger partial charge in [0, 0.05) is 30.2 Å². The minimum absolute atomic E-state index is 0.0966. The molecule has 1 N–H and O–H groups in total. The predicted molar refractivity (Wildman–Crippen MR) is 108 cm³/mol. The molecule has 1 aliphatic rings. The lowest BCUT2D eigenvalue weighted by Crippen LogP contribution is -2.39. The molecular weight excluding hydrogens is 393 g/mol. The third-order valence-electron chi connectivity index (χ3n) is 5.23. The van der Waals surface area contributed by atoms with E-state index in [0.29, 0.717) is 30.0 Å². The van der Waals surface area contributed by atoms with Crippen molar-refractivity contribution in [1.82, 2.24) is 10.3 Å². The van der Waals surface area contributed by atoms with E-state index in [1.54, 1.807) is 12.1 Å². The smallest absolute Gasteiger partial charge is 0.381 e. The molecule has 0 bridgehead atoms. The summed E-state index contributed by atoms with van der Waals surface area (Å²) in [4.78, 5) is 17.1. The Labute approximate surface area is 172 Å². The third kappa shape index (κ3) is 4.62. The van der Waals surface area contributed by atoms with Crippen molar-refractivity contribution < 1.29 is 22.7 Å². The van der Waals surface area contributed by atoms with Crippen molar-refractivity contribution in [2.45, 2.75) is 31.5 Å². The molecule has 1 aromatic heterocycles. The van der Waals surface area contributed by atoms with Gasteiger partial charge in [0.25, 0.3) is 0 Å². The minimum Gasteiger partial charge on any atom is -0.381 e. The Bertz CT molecular complexity index is 1060. The number of carbonyl (C=O) groups is 1. The molecule has 2 heterocycles. The maximum atomic E-state index is 13.1. The molecule has 156 valence electrons. The zero-order chi connectivity index (χ0) is 21.1. The summed E-state index contributed by atoms with van der Waals surface area (Å²) in [5, 5.41) is 3.87. The van der Waals surface area contributed by atoms with Gasteiger partial charge in [-0.2, -0.15) is 13.2 Å². The molecule has 2 aromatic carbocycles. The fourth-order valence-electron chi connectivity index (χ4n) is 3.66. The Morgan fingerprint density at radius 2 is 1.83 bits per heavy atom. The summed E-state index contributed by atoms with van der Waals surface area (Å²) in [7, 11) is 0. The maximum absolute atomic E-state index is 13.1. The minimum atomic E-state index is -4.42. The van der Waals surface area contributed by atoms with Crippen LogP contribution in [0.5, 0.6) is 0 Å². The van der Waals surface area contributed by atoms with Crippen molar-refractivity contribution >= 4 is 16.8 Å². The summed E-state index contributed by atoms with van der Waals surface area (Å²) in [5.41, 5.74) is 1.46. The lowest BCUT2D eigenvalue weighted by Gasteiger charge is -2.23. The van der Waals surface area contributed by atoms with Crippen LogP contribution in [-0.2, 0) is 22.1 Å². The van der Waals surface area contributed by atoms with Gasteiger partial charge in [0.05, 0.1) is 23.2 Å². The average molecular weight is 414 g/mol. The van der Waals surface area contributed by atoms with E-state index in [-0.39, 0.29) is 18.4 Å². The summed E-state index contributed by atoms with van der Waals surface area (Å²) >= 11 is 0. The number of benzene rings is 2. The zero-order valence-electron chi connectivity index (χ0n) is 16.2. The van der Waals surface area contributed by atoms with Gasteiger partial charge in [-0.3, -0.25) is 4.79 Å². The van der Waals surface area contributed by atoms with Gasteiger partial charge in [0.1, 0.15) is 0 Å². The highest BCUT2D eigenvalue weighted by atomic mass is 19.4. The number of carbonyl (C=O) groups excluding carboxylic acids is 1. The normalized spacial score (nSPS) is 15.3. The first-order valence-corrected chi connectivity index (χ1v) is 9.83. The molecule has 4 rings (SSSR count). The Kier molecular flexibility index (Phi) is 5.72. The molecule has 3 aromatic rings. The summed E-state index contributed by atoms with van der Waals surface area (Å²) in [6, 6.07) is 14.3. The summed E-state index contributed by atoms with van der Waals surface area (Å²) in [5.74, 6) is -0.0966. The van der Waals surface area contributed by atoms with Gasteiger partial charge in [0.2, 0.25) is 5.91 Å². The fourth-order valence-corrected chi connectivity index (χ4v) is 3.66. The second-order valence-electron chi connectivity index (χ2n) is 7.39. The van der Waals surface area contributed by atoms with Crippen LogP contribution >= 0.6 is 0 Å². The van der Waals surface area contributed by atoms with Gasteiger partial charge in [0.15, 0.2) is 0 Å². The number of fused-ring (bicyclic) bond motifs is 1. The highest BCUT2D eigenvalue weighted by molar-refractivity contribution is 5.89. The van der Waals surface area contributed by atoms with Crippen LogP contribution in [0.4, 0.5) is 13.2 Å². The number of nitrogens with zero attached hydrogens (tertiary/aromatic N) is 1. The zero-order valence-corrected chi connectivity index (χ0v) is 16.2. The largest absolute Gasteiger partial charge is 0.416 e. The summed E-state index contributed by atoms with van der Waals surface area (Å²) in [6.07, 6.45) is -2.67. The monoisotopic (exact) mass is 414 g/mol. The number of halogens is 3. The van der Waals surface area contributed by atoms with Crippen LogP contribution in [0.15, 0.2) is 54.6 Å². The molecule has 0 unspecified atom stereocenters. The van der Waals surface area contributed by atoms with Crippen molar-refractivity contribution in [3.63, 3.8) is 0 Å². The number of nitrogens with one attached hydrogen (secondary N) is 1. The lowest BCUT2D eigenvalue weighted by atomic mass is 10.0. The number of alkyl halides is 3. The quantitative estimate of drug-likeness (QED) is 0.670. The van der Waals surface area contributed by atoms with Gasteiger partial charge in [-0.05, 0) is 36.6 Å². The highest BCUT2D eigenvalue weighted by Gasteiger charge is 2.30. The van der Waals surface area contributed by atoms with Crippen LogP contribution < -0.4 is 5.32 Å². The molecule has 0 radical (unpaired) electrons. The molecular formula is C23H21F3N2O2. The van der Waals surface area contributed by atoms with Gasteiger partial charge in [-0.1, -0.05) is 36.4 Å². The number of hydrogen-bond donors (Lipinski definition) is 1. The van der Waals surface area contributed by atoms with E-state index >= 15 is 0 Å². The van der Waals surface area contributed by atoms with E-state index in [9.17, 15) is 18.0 Å². The number of pyridine rings is 1. The van der Waals surface area contributed by atoms with Gasteiger partial charge in [-0.15, -0.1) is 0 Å². The molecule has 1 amide bonds. The SMILES string of the molecule is O=C(Cc1cccc2ccc(-c3cccc(C(F)(F)F)c3)nc12)NC1CCOCC1. The van der Waals surface area contributed by atoms with Crippen LogP contribution in [0, 0.1) is 0 Å². The molecule has 7 heteroatoms. The van der Waals surface area contributed by atoms with Crippen molar-refractivity contribution in [3.05, 3.63) is 65.7 Å². The highest BCUT2D eigenvalue weighted by Crippen LogP contribution is 2.32. The summed E-state index contributed by atoms with van der Waals surface area (Å²) < 4.78 is 44.5. The first-order valence-electron chi connectivity index (χ1n) is 9.83. The van der Waals surface area contributed by atoms with Gasteiger partial charge >= 0.3 is 6.18 Å². The van der Waals surface area contributed by atoms with E-state index in [0.717, 1.165) is 35.9 Å². The Balaban J connectivity index is 1.62. The standard InChI is InChI=1S/C23H21F3N2O2/c24-23(25,26)18-6-2-4-16(13-18)20-8-7-15-3-1-5-17(22(15)28-20)14-21(29)27-19-9-11-30-12-10-19/h1-8,13,19H,9-12,14H2,(H,27,29). The van der Waals surface area contributed by atoms with Crippen molar-refractivity contribution in [2.24, 2.45) is 0 Å². The second kappa shape index (κ2) is 8.44. The molecule has 1 fully saturated rings. The Morgan fingerprint density at radius 3 is 2.60 bits per heavy atom. The Hall–Kier alpha value is -2.93. The molecule has 0 aliphatic carbocycles. The number of rotatable bonds is 4. The van der Waals surface area contributed by atoms with Crippen LogP contribution in [0.25, 0.3) is 22.2 Å². The van der Waals surface area contributed by atoms with Gasteiger partial charge < -0.3 is 10.1 Å². The van der Waals surface area contributed by atoms with Crippen molar-refractivity contribution in [1.29, 1.82) is 0 Å². The Morgan fingerprint density at radius 1 is 1.07 bits per heavy atom. The average Bonchev–Trinajstić information content (AvgIpc) is 2.74. The van der Waals surface area contributed by atoms with Crippen LogP contribution in [0.1, 0.15) is 24.0 Å². The molecule has 4 nitrogen and oxygen atoms in total. The number of hydrogen-bond acceptors (Lipinski definition) is 3. The lowest BCUT2D eigenvalue weighted by molar-refractivity contribution is -0.137. The third-order valence-corrected chi connectivity index (χ3v) is 5.23. The number of ether oxygens (including phenoxy) is 1. The predicted octanol–water partition coefficient (Wildman–Crippen LogP) is 4.76. The topological polar surface area (TPSA) is 51.2 Å². The van der Waals surface area contributed by atoms with Crippen molar-refractivity contribution in [3.8, 4) is 11.3 Å². The van der Waals surface area contributed by atoms with Crippen LogP contribution in [0.2, 0.25) is 0 Å². The van der Waals surface area contributed by atoms with E-state index in [4.69, 9.17) is 4.74 Å². The van der Waals surface area contributed by atoms with E-state index in [2.05, 4.69) is 10.3 Å². The summed E-state index contributed by atoms with van der Waals surface area (Å²) in [6.45, 7) is 1.28. The van der Waals surface area contributed by atoms with Gasteiger partial charge in [-0.25, -0.2) is 4.98 Å². The molecule has 1 aliphatic heterocycles. The van der Waals surface area contributed by atoms with Crippen LogP contribution in [-0.4, -0.2) is 30.1 Å². The van der Waals surface area contributed by atoms with E-state index in [1.807, 2.05) is 24.3 Å². The number of aromatic nitrogens is 1. The fraction of sp³-hybridized carbons (Fsp3) is 0.304.